The van der Waals surface area contributed by atoms with Gasteiger partial charge in [0.05, 0.1) is 18.2 Å². The summed E-state index contributed by atoms with van der Waals surface area (Å²) in [6.07, 6.45) is 1.60. The maximum atomic E-state index is 12.5. The molecule has 0 bridgehead atoms. The highest BCUT2D eigenvalue weighted by Crippen LogP contribution is 2.55. The van der Waals surface area contributed by atoms with Gasteiger partial charge in [0.2, 0.25) is 0 Å². The average Bonchev–Trinajstić information content (AvgIpc) is 2.99. The molecule has 5 heteroatoms. The molecule has 1 aromatic rings. The molecule has 1 aromatic carbocycles. The summed E-state index contributed by atoms with van der Waals surface area (Å²) >= 11 is 3.69. The van der Waals surface area contributed by atoms with Crippen LogP contribution in [-0.2, 0) is 16.1 Å². The van der Waals surface area contributed by atoms with Gasteiger partial charge in [-0.2, -0.15) is 0 Å². The third kappa shape index (κ3) is 3.41. The Balaban J connectivity index is 1.66. The van der Waals surface area contributed by atoms with Crippen LogP contribution in [-0.4, -0.2) is 39.6 Å². The number of hydrogen-bond donors (Lipinski definition) is 0. The molecule has 4 nitrogen and oxygen atoms in total. The van der Waals surface area contributed by atoms with Crippen molar-refractivity contribution in [1.82, 2.24) is 4.90 Å². The predicted octanol–water partition coefficient (Wildman–Crippen LogP) is 4.12. The highest BCUT2D eigenvalue weighted by atomic mass is 79.9. The number of ether oxygens (including phenoxy) is 2. The number of halogens is 1. The van der Waals surface area contributed by atoms with E-state index in [1.165, 1.54) is 0 Å². The number of carbonyl (C=O) groups is 1. The normalized spacial score (nSPS) is 29.8. The number of hydrogen-bond acceptors (Lipinski definition) is 3. The summed E-state index contributed by atoms with van der Waals surface area (Å²) in [5.41, 5.74) is 0.444. The van der Waals surface area contributed by atoms with E-state index in [1.807, 2.05) is 43.9 Å². The lowest BCUT2D eigenvalue weighted by Crippen LogP contribution is -2.46. The van der Waals surface area contributed by atoms with Gasteiger partial charge in [-0.15, -0.1) is 0 Å². The minimum atomic E-state index is -0.474. The first-order valence-electron chi connectivity index (χ1n) is 8.13. The highest BCUT2D eigenvalue weighted by molar-refractivity contribution is 9.09. The molecule has 2 fully saturated rings. The van der Waals surface area contributed by atoms with Crippen molar-refractivity contribution in [1.29, 1.82) is 0 Å². The van der Waals surface area contributed by atoms with E-state index in [9.17, 15) is 4.79 Å². The minimum absolute atomic E-state index is 0.0552. The van der Waals surface area contributed by atoms with E-state index in [2.05, 4.69) is 28.1 Å². The van der Waals surface area contributed by atoms with Gasteiger partial charge in [-0.1, -0.05) is 46.3 Å². The molecule has 3 unspecified atom stereocenters. The van der Waals surface area contributed by atoms with Crippen molar-refractivity contribution >= 4 is 22.0 Å². The SMILES string of the molecule is CC(C)(C)OC(=O)N1CCC(OCc2ccccc2)C12CC2Br. The fraction of sp³-hybridized carbons (Fsp3) is 0.611. The molecule has 0 aromatic heterocycles. The lowest BCUT2D eigenvalue weighted by atomic mass is 10.1. The van der Waals surface area contributed by atoms with Gasteiger partial charge in [-0.25, -0.2) is 4.79 Å². The molecule has 1 heterocycles. The molecule has 3 rings (SSSR count). The summed E-state index contributed by atoms with van der Waals surface area (Å²) in [6.45, 7) is 6.96. The molecule has 1 aliphatic heterocycles. The quantitative estimate of drug-likeness (QED) is 0.739. The van der Waals surface area contributed by atoms with E-state index in [-0.39, 0.29) is 22.6 Å². The van der Waals surface area contributed by atoms with Crippen molar-refractivity contribution in [2.24, 2.45) is 0 Å². The summed E-state index contributed by atoms with van der Waals surface area (Å²) in [7, 11) is 0. The van der Waals surface area contributed by atoms with Crippen LogP contribution in [0.15, 0.2) is 30.3 Å². The van der Waals surface area contributed by atoms with E-state index in [1.54, 1.807) is 0 Å². The molecule has 1 saturated heterocycles. The zero-order valence-electron chi connectivity index (χ0n) is 13.9. The Morgan fingerprint density at radius 2 is 2.00 bits per heavy atom. The summed E-state index contributed by atoms with van der Waals surface area (Å²) in [4.78, 5) is 14.7. The van der Waals surface area contributed by atoms with Gasteiger partial charge in [-0.3, -0.25) is 4.90 Å². The van der Waals surface area contributed by atoms with E-state index < -0.39 is 5.60 Å². The standard InChI is InChI=1S/C18H24BrNO3/c1-17(2,3)23-16(21)20-10-9-15(18(20)11-14(18)19)22-12-13-7-5-4-6-8-13/h4-8,14-15H,9-12H2,1-3H3. The van der Waals surface area contributed by atoms with Crippen molar-refractivity contribution < 1.29 is 14.3 Å². The van der Waals surface area contributed by atoms with E-state index in [0.717, 1.165) is 18.4 Å². The maximum absolute atomic E-state index is 12.5. The monoisotopic (exact) mass is 381 g/mol. The van der Waals surface area contributed by atoms with Crippen LogP contribution in [0.5, 0.6) is 0 Å². The zero-order chi connectivity index (χ0) is 16.7. The number of nitrogens with zero attached hydrogens (tertiary/aromatic N) is 1. The van der Waals surface area contributed by atoms with E-state index in [4.69, 9.17) is 9.47 Å². The van der Waals surface area contributed by atoms with Crippen LogP contribution >= 0.6 is 15.9 Å². The molecule has 0 radical (unpaired) electrons. The molecule has 1 amide bonds. The lowest BCUT2D eigenvalue weighted by Gasteiger charge is -2.31. The van der Waals surface area contributed by atoms with Crippen LogP contribution in [0.3, 0.4) is 0 Å². The number of rotatable bonds is 3. The number of carbonyl (C=O) groups excluding carboxylic acids is 1. The number of benzene rings is 1. The van der Waals surface area contributed by atoms with Crippen LogP contribution in [0.1, 0.15) is 39.2 Å². The molecule has 1 aliphatic carbocycles. The summed E-state index contributed by atoms with van der Waals surface area (Å²) < 4.78 is 11.7. The van der Waals surface area contributed by atoms with Crippen LogP contribution in [0.4, 0.5) is 4.79 Å². The van der Waals surface area contributed by atoms with Crippen LogP contribution in [0, 0.1) is 0 Å². The molecule has 3 atom stereocenters. The number of alkyl halides is 1. The van der Waals surface area contributed by atoms with Crippen LogP contribution < -0.4 is 0 Å². The smallest absolute Gasteiger partial charge is 0.410 e. The van der Waals surface area contributed by atoms with Gasteiger partial charge in [0.25, 0.3) is 0 Å². The van der Waals surface area contributed by atoms with Gasteiger partial charge < -0.3 is 9.47 Å². The second-order valence-electron chi connectivity index (χ2n) is 7.37. The molecular weight excluding hydrogens is 358 g/mol. The van der Waals surface area contributed by atoms with Gasteiger partial charge in [0, 0.05) is 11.4 Å². The molecular formula is C18H24BrNO3. The fourth-order valence-corrected chi connectivity index (χ4v) is 4.36. The molecule has 0 N–H and O–H groups in total. The van der Waals surface area contributed by atoms with Crippen molar-refractivity contribution in [3.63, 3.8) is 0 Å². The minimum Gasteiger partial charge on any atom is -0.444 e. The molecule has 1 saturated carbocycles. The number of likely N-dealkylation sites (tertiary alicyclic amines) is 1. The topological polar surface area (TPSA) is 38.8 Å². The second kappa shape index (κ2) is 6.10. The third-order valence-electron chi connectivity index (χ3n) is 4.47. The Bertz CT molecular complexity index is 571. The van der Waals surface area contributed by atoms with Gasteiger partial charge in [0.1, 0.15) is 5.60 Å². The molecule has 126 valence electrons. The zero-order valence-corrected chi connectivity index (χ0v) is 15.5. The van der Waals surface area contributed by atoms with E-state index in [0.29, 0.717) is 13.2 Å². The molecule has 1 spiro atoms. The fourth-order valence-electron chi connectivity index (χ4n) is 3.30. The van der Waals surface area contributed by atoms with Crippen LogP contribution in [0.2, 0.25) is 0 Å². The second-order valence-corrected chi connectivity index (χ2v) is 8.47. The number of amides is 1. The Labute approximate surface area is 146 Å². The highest BCUT2D eigenvalue weighted by Gasteiger charge is 2.67. The predicted molar refractivity (Wildman–Crippen MR) is 92.6 cm³/mol. The van der Waals surface area contributed by atoms with Gasteiger partial charge in [0.15, 0.2) is 0 Å². The molecule has 23 heavy (non-hydrogen) atoms. The van der Waals surface area contributed by atoms with Gasteiger partial charge >= 0.3 is 6.09 Å². The first kappa shape index (κ1) is 16.8. The first-order valence-corrected chi connectivity index (χ1v) is 9.05. The Hall–Kier alpha value is -1.07. The summed E-state index contributed by atoms with van der Waals surface area (Å²) in [5.74, 6) is 0. The lowest BCUT2D eigenvalue weighted by molar-refractivity contribution is -0.0112. The third-order valence-corrected chi connectivity index (χ3v) is 5.59. The van der Waals surface area contributed by atoms with Crippen molar-refractivity contribution in [2.45, 2.75) is 62.3 Å². The van der Waals surface area contributed by atoms with Crippen molar-refractivity contribution in [3.05, 3.63) is 35.9 Å². The largest absolute Gasteiger partial charge is 0.444 e. The first-order chi connectivity index (χ1) is 10.8. The summed E-state index contributed by atoms with van der Waals surface area (Å²) in [6, 6.07) is 10.2. The molecule has 2 aliphatic rings. The maximum Gasteiger partial charge on any atom is 0.410 e. The Morgan fingerprint density at radius 3 is 2.57 bits per heavy atom. The van der Waals surface area contributed by atoms with Crippen LogP contribution in [0.25, 0.3) is 0 Å². The van der Waals surface area contributed by atoms with E-state index >= 15 is 0 Å². The Morgan fingerprint density at radius 1 is 1.35 bits per heavy atom. The van der Waals surface area contributed by atoms with Crippen molar-refractivity contribution in [2.75, 3.05) is 6.54 Å². The summed E-state index contributed by atoms with van der Waals surface area (Å²) in [5, 5.41) is 0. The average molecular weight is 382 g/mol. The van der Waals surface area contributed by atoms with Crippen molar-refractivity contribution in [3.8, 4) is 0 Å². The Kier molecular flexibility index (Phi) is 4.45. The van der Waals surface area contributed by atoms with Gasteiger partial charge in [-0.05, 0) is 39.2 Å².